The van der Waals surface area contributed by atoms with E-state index in [0.717, 1.165) is 34.7 Å². The summed E-state index contributed by atoms with van der Waals surface area (Å²) in [5, 5.41) is 0. The number of para-hydroxylation sites is 1. The van der Waals surface area contributed by atoms with Crippen molar-refractivity contribution in [3.8, 4) is 22.6 Å². The Hall–Kier alpha value is -2.60. The minimum atomic E-state index is -4.36. The van der Waals surface area contributed by atoms with Crippen molar-refractivity contribution in [3.05, 3.63) is 78.4 Å². The fraction of sp³-hybridized carbons (Fsp3) is 0.143. The third kappa shape index (κ3) is 4.98. The summed E-state index contributed by atoms with van der Waals surface area (Å²) in [6.07, 6.45) is -4.36. The van der Waals surface area contributed by atoms with Crippen molar-refractivity contribution in [2.24, 2.45) is 0 Å². The lowest BCUT2D eigenvalue weighted by molar-refractivity contribution is -0.137. The van der Waals surface area contributed by atoms with Crippen molar-refractivity contribution < 1.29 is 17.9 Å². The van der Waals surface area contributed by atoms with Gasteiger partial charge in [-0.2, -0.15) is 13.2 Å². The summed E-state index contributed by atoms with van der Waals surface area (Å²) in [6.45, 7) is 2.07. The number of benzene rings is 3. The molecule has 0 spiro atoms. The zero-order chi connectivity index (χ0) is 19.3. The number of hydrogen-bond donors (Lipinski definition) is 1. The van der Waals surface area contributed by atoms with Crippen LogP contribution in [-0.2, 0) is 6.18 Å². The number of ether oxygens (including phenoxy) is 1. The molecule has 0 saturated carbocycles. The van der Waals surface area contributed by atoms with Crippen molar-refractivity contribution >= 4 is 17.6 Å². The zero-order valence-electron chi connectivity index (χ0n) is 14.6. The van der Waals surface area contributed by atoms with Crippen LogP contribution < -0.4 is 9.46 Å². The van der Waals surface area contributed by atoms with Gasteiger partial charge in [-0.3, -0.25) is 0 Å². The molecule has 0 bridgehead atoms. The Labute approximate surface area is 160 Å². The second-order valence-electron chi connectivity index (χ2n) is 5.73. The average molecular weight is 389 g/mol. The van der Waals surface area contributed by atoms with Crippen LogP contribution in [0.4, 0.5) is 18.9 Å². The standard InChI is InChI=1S/C21H18F3NOS/c1-2-27-25-17-11-7-15(8-12-17)19-5-3-4-6-20(19)26-18-13-9-16(10-14-18)21(22,23)24/h3-14,25H,2H2,1H3. The molecule has 0 fully saturated rings. The van der Waals surface area contributed by atoms with Gasteiger partial charge in [0.1, 0.15) is 11.5 Å². The van der Waals surface area contributed by atoms with E-state index in [1.807, 2.05) is 42.5 Å². The molecular formula is C21H18F3NOS. The third-order valence-corrected chi connectivity index (χ3v) is 4.50. The van der Waals surface area contributed by atoms with E-state index in [0.29, 0.717) is 11.5 Å². The highest BCUT2D eigenvalue weighted by Gasteiger charge is 2.30. The molecule has 0 aliphatic rings. The molecule has 1 N–H and O–H groups in total. The van der Waals surface area contributed by atoms with E-state index in [2.05, 4.69) is 11.6 Å². The number of rotatable bonds is 6. The molecule has 6 heteroatoms. The van der Waals surface area contributed by atoms with Crippen LogP contribution in [0.15, 0.2) is 72.8 Å². The monoisotopic (exact) mass is 389 g/mol. The SMILES string of the molecule is CCSNc1ccc(-c2ccccc2Oc2ccc(C(F)(F)F)cc2)cc1. The quantitative estimate of drug-likeness (QED) is 0.449. The van der Waals surface area contributed by atoms with E-state index in [4.69, 9.17) is 4.74 Å². The lowest BCUT2D eigenvalue weighted by Gasteiger charge is -2.13. The minimum Gasteiger partial charge on any atom is -0.457 e. The van der Waals surface area contributed by atoms with E-state index in [9.17, 15) is 13.2 Å². The van der Waals surface area contributed by atoms with Gasteiger partial charge in [0.05, 0.1) is 5.56 Å². The molecular weight excluding hydrogens is 371 g/mol. The predicted molar refractivity (Wildman–Crippen MR) is 105 cm³/mol. The van der Waals surface area contributed by atoms with Gasteiger partial charge in [-0.15, -0.1) is 0 Å². The Morgan fingerprint density at radius 2 is 1.56 bits per heavy atom. The minimum absolute atomic E-state index is 0.355. The molecule has 3 aromatic rings. The molecule has 0 atom stereocenters. The van der Waals surface area contributed by atoms with Gasteiger partial charge < -0.3 is 9.46 Å². The summed E-state index contributed by atoms with van der Waals surface area (Å²) in [4.78, 5) is 0. The summed E-state index contributed by atoms with van der Waals surface area (Å²) in [7, 11) is 0. The summed E-state index contributed by atoms with van der Waals surface area (Å²) < 4.78 is 47.2. The number of alkyl halides is 3. The third-order valence-electron chi connectivity index (χ3n) is 3.83. The second-order valence-corrected chi connectivity index (χ2v) is 6.80. The van der Waals surface area contributed by atoms with Crippen molar-refractivity contribution in [2.45, 2.75) is 13.1 Å². The van der Waals surface area contributed by atoms with E-state index >= 15 is 0 Å². The molecule has 0 aliphatic carbocycles. The summed E-state index contributed by atoms with van der Waals surface area (Å²) in [6, 6.07) is 20.1. The molecule has 27 heavy (non-hydrogen) atoms. The van der Waals surface area contributed by atoms with E-state index in [1.54, 1.807) is 18.0 Å². The highest BCUT2D eigenvalue weighted by atomic mass is 32.2. The highest BCUT2D eigenvalue weighted by molar-refractivity contribution is 8.00. The van der Waals surface area contributed by atoms with Gasteiger partial charge in [0, 0.05) is 17.0 Å². The van der Waals surface area contributed by atoms with Crippen LogP contribution in [0.3, 0.4) is 0 Å². The second kappa shape index (κ2) is 8.39. The molecule has 0 radical (unpaired) electrons. The number of hydrogen-bond acceptors (Lipinski definition) is 3. The molecule has 0 aromatic heterocycles. The number of nitrogens with one attached hydrogen (secondary N) is 1. The average Bonchev–Trinajstić information content (AvgIpc) is 2.67. The van der Waals surface area contributed by atoms with Crippen molar-refractivity contribution in [2.75, 3.05) is 10.5 Å². The van der Waals surface area contributed by atoms with Crippen LogP contribution >= 0.6 is 11.9 Å². The largest absolute Gasteiger partial charge is 0.457 e. The molecule has 0 saturated heterocycles. The fourth-order valence-corrected chi connectivity index (χ4v) is 2.95. The zero-order valence-corrected chi connectivity index (χ0v) is 15.4. The van der Waals surface area contributed by atoms with Crippen LogP contribution in [0.2, 0.25) is 0 Å². The van der Waals surface area contributed by atoms with Gasteiger partial charge in [-0.1, -0.05) is 49.2 Å². The molecule has 0 aliphatic heterocycles. The summed E-state index contributed by atoms with van der Waals surface area (Å²) >= 11 is 1.62. The number of halogens is 3. The van der Waals surface area contributed by atoms with Crippen LogP contribution in [0.25, 0.3) is 11.1 Å². The molecule has 2 nitrogen and oxygen atoms in total. The Morgan fingerprint density at radius 1 is 0.889 bits per heavy atom. The first-order chi connectivity index (χ1) is 13.0. The van der Waals surface area contributed by atoms with Crippen molar-refractivity contribution in [3.63, 3.8) is 0 Å². The first kappa shape index (κ1) is 19.2. The highest BCUT2D eigenvalue weighted by Crippen LogP contribution is 2.35. The molecule has 0 heterocycles. The van der Waals surface area contributed by atoms with Gasteiger partial charge in [0.25, 0.3) is 0 Å². The molecule has 0 amide bonds. The van der Waals surface area contributed by atoms with Gasteiger partial charge in [0.15, 0.2) is 0 Å². The van der Waals surface area contributed by atoms with Gasteiger partial charge in [-0.05, 0) is 48.0 Å². The van der Waals surface area contributed by atoms with Crippen LogP contribution in [-0.4, -0.2) is 5.75 Å². The first-order valence-corrected chi connectivity index (χ1v) is 9.38. The van der Waals surface area contributed by atoms with Gasteiger partial charge in [0.2, 0.25) is 0 Å². The summed E-state index contributed by atoms with van der Waals surface area (Å²) in [5.41, 5.74) is 2.14. The smallest absolute Gasteiger partial charge is 0.416 e. The van der Waals surface area contributed by atoms with Gasteiger partial charge in [-0.25, -0.2) is 0 Å². The Bertz CT molecular complexity index is 877. The van der Waals surface area contributed by atoms with E-state index < -0.39 is 11.7 Å². The lowest BCUT2D eigenvalue weighted by atomic mass is 10.0. The first-order valence-electron chi connectivity index (χ1n) is 8.40. The Kier molecular flexibility index (Phi) is 5.96. The van der Waals surface area contributed by atoms with Crippen LogP contribution in [0, 0.1) is 0 Å². The van der Waals surface area contributed by atoms with E-state index in [-0.39, 0.29) is 0 Å². The maximum absolute atomic E-state index is 12.7. The predicted octanol–water partition coefficient (Wildman–Crippen LogP) is 7.24. The fourth-order valence-electron chi connectivity index (χ4n) is 2.51. The lowest BCUT2D eigenvalue weighted by Crippen LogP contribution is -2.04. The normalized spacial score (nSPS) is 11.3. The molecule has 140 valence electrons. The Morgan fingerprint density at radius 3 is 2.19 bits per heavy atom. The maximum Gasteiger partial charge on any atom is 0.416 e. The molecule has 0 unspecified atom stereocenters. The Balaban J connectivity index is 1.82. The number of anilines is 1. The van der Waals surface area contributed by atoms with Crippen molar-refractivity contribution in [1.82, 2.24) is 0 Å². The van der Waals surface area contributed by atoms with Crippen LogP contribution in [0.5, 0.6) is 11.5 Å². The topological polar surface area (TPSA) is 21.3 Å². The van der Waals surface area contributed by atoms with E-state index in [1.165, 1.54) is 12.1 Å². The molecule has 3 aromatic carbocycles. The molecule has 3 rings (SSSR count). The van der Waals surface area contributed by atoms with Crippen LogP contribution in [0.1, 0.15) is 12.5 Å². The van der Waals surface area contributed by atoms with Crippen molar-refractivity contribution in [1.29, 1.82) is 0 Å². The maximum atomic E-state index is 12.7. The van der Waals surface area contributed by atoms with Gasteiger partial charge >= 0.3 is 6.18 Å². The summed E-state index contributed by atoms with van der Waals surface area (Å²) in [5.74, 6) is 1.90.